The van der Waals surface area contributed by atoms with Crippen molar-refractivity contribution in [1.82, 2.24) is 15.5 Å². The minimum absolute atomic E-state index is 0.212. The van der Waals surface area contributed by atoms with Gasteiger partial charge < -0.3 is 10.6 Å². The zero-order valence-electron chi connectivity index (χ0n) is 12.3. The van der Waals surface area contributed by atoms with Crippen LogP contribution in [0.1, 0.15) is 45.4 Å². The molecule has 1 saturated carbocycles. The topological polar surface area (TPSA) is 44.4 Å². The third kappa shape index (κ3) is 5.49. The third-order valence-corrected chi connectivity index (χ3v) is 4.15. The molecule has 0 aromatic rings. The van der Waals surface area contributed by atoms with Gasteiger partial charge in [0.05, 0.1) is 6.54 Å². The summed E-state index contributed by atoms with van der Waals surface area (Å²) in [6.45, 7) is 6.97. The van der Waals surface area contributed by atoms with Gasteiger partial charge in [-0.05, 0) is 51.1 Å². The first-order chi connectivity index (χ1) is 9.29. The van der Waals surface area contributed by atoms with E-state index in [2.05, 4.69) is 22.5 Å². The van der Waals surface area contributed by atoms with Crippen LogP contribution in [0.3, 0.4) is 0 Å². The maximum Gasteiger partial charge on any atom is 0.234 e. The van der Waals surface area contributed by atoms with Gasteiger partial charge in [0.25, 0.3) is 0 Å². The van der Waals surface area contributed by atoms with Crippen LogP contribution in [-0.4, -0.2) is 49.6 Å². The molecule has 0 aromatic carbocycles. The first-order valence-electron chi connectivity index (χ1n) is 8.01. The SMILES string of the molecule is CCCCNC(=O)CN(CC1CCCNC1)C1CC1. The van der Waals surface area contributed by atoms with Crippen molar-refractivity contribution in [2.75, 3.05) is 32.7 Å². The van der Waals surface area contributed by atoms with Crippen LogP contribution in [0.25, 0.3) is 0 Å². The number of rotatable bonds is 8. The predicted molar refractivity (Wildman–Crippen MR) is 78.1 cm³/mol. The van der Waals surface area contributed by atoms with Crippen LogP contribution in [0.4, 0.5) is 0 Å². The van der Waals surface area contributed by atoms with Gasteiger partial charge in [0.2, 0.25) is 5.91 Å². The van der Waals surface area contributed by atoms with Crippen molar-refractivity contribution in [2.24, 2.45) is 5.92 Å². The number of hydrogen-bond acceptors (Lipinski definition) is 3. The standard InChI is InChI=1S/C15H29N3O/c1-2-3-9-17-15(19)12-18(14-6-7-14)11-13-5-4-8-16-10-13/h13-14,16H,2-12H2,1H3,(H,17,19). The van der Waals surface area contributed by atoms with Gasteiger partial charge in [-0.3, -0.25) is 9.69 Å². The highest BCUT2D eigenvalue weighted by molar-refractivity contribution is 5.78. The monoisotopic (exact) mass is 267 g/mol. The Labute approximate surface area is 117 Å². The summed E-state index contributed by atoms with van der Waals surface area (Å²) in [5, 5.41) is 6.51. The summed E-state index contributed by atoms with van der Waals surface area (Å²) in [6, 6.07) is 0.679. The molecule has 1 heterocycles. The molecule has 0 aromatic heterocycles. The Kier molecular flexibility index (Phi) is 6.11. The largest absolute Gasteiger partial charge is 0.355 e. The van der Waals surface area contributed by atoms with E-state index >= 15 is 0 Å². The molecule has 4 heteroatoms. The van der Waals surface area contributed by atoms with Gasteiger partial charge in [-0.25, -0.2) is 0 Å². The van der Waals surface area contributed by atoms with E-state index in [1.807, 2.05) is 0 Å². The van der Waals surface area contributed by atoms with Crippen molar-refractivity contribution in [1.29, 1.82) is 0 Å². The summed E-state index contributed by atoms with van der Waals surface area (Å²) in [4.78, 5) is 14.3. The van der Waals surface area contributed by atoms with Gasteiger partial charge in [-0.15, -0.1) is 0 Å². The average Bonchev–Trinajstić information content (AvgIpc) is 3.24. The molecule has 4 nitrogen and oxygen atoms in total. The molecule has 2 fully saturated rings. The molecule has 0 spiro atoms. The van der Waals surface area contributed by atoms with Crippen molar-refractivity contribution in [3.63, 3.8) is 0 Å². The van der Waals surface area contributed by atoms with Gasteiger partial charge in [0.15, 0.2) is 0 Å². The molecule has 1 atom stereocenters. The maximum absolute atomic E-state index is 11.9. The molecule has 1 amide bonds. The Morgan fingerprint density at radius 3 is 2.84 bits per heavy atom. The first-order valence-corrected chi connectivity index (χ1v) is 8.01. The molecule has 1 unspecified atom stereocenters. The fourth-order valence-corrected chi connectivity index (χ4v) is 2.84. The summed E-state index contributed by atoms with van der Waals surface area (Å²) in [5.74, 6) is 0.946. The number of piperidine rings is 1. The lowest BCUT2D eigenvalue weighted by atomic mass is 9.99. The Morgan fingerprint density at radius 1 is 1.37 bits per heavy atom. The Morgan fingerprint density at radius 2 is 2.21 bits per heavy atom. The van der Waals surface area contributed by atoms with E-state index < -0.39 is 0 Å². The maximum atomic E-state index is 11.9. The average molecular weight is 267 g/mol. The van der Waals surface area contributed by atoms with E-state index in [1.54, 1.807) is 0 Å². The number of hydrogen-bond donors (Lipinski definition) is 2. The van der Waals surface area contributed by atoms with E-state index in [0.29, 0.717) is 12.6 Å². The van der Waals surface area contributed by atoms with Crippen LogP contribution < -0.4 is 10.6 Å². The van der Waals surface area contributed by atoms with E-state index in [-0.39, 0.29) is 5.91 Å². The zero-order chi connectivity index (χ0) is 13.5. The van der Waals surface area contributed by atoms with Crippen LogP contribution in [0.2, 0.25) is 0 Å². The Balaban J connectivity index is 1.71. The van der Waals surface area contributed by atoms with Gasteiger partial charge >= 0.3 is 0 Å². The highest BCUT2D eigenvalue weighted by Crippen LogP contribution is 2.28. The lowest BCUT2D eigenvalue weighted by molar-refractivity contribution is -0.122. The second kappa shape index (κ2) is 7.85. The minimum atomic E-state index is 0.212. The van der Waals surface area contributed by atoms with Gasteiger partial charge in [-0.1, -0.05) is 13.3 Å². The number of nitrogens with zero attached hydrogens (tertiary/aromatic N) is 1. The van der Waals surface area contributed by atoms with Crippen LogP contribution in [0, 0.1) is 5.92 Å². The summed E-state index contributed by atoms with van der Waals surface area (Å²) < 4.78 is 0. The summed E-state index contributed by atoms with van der Waals surface area (Å²) >= 11 is 0. The Hall–Kier alpha value is -0.610. The van der Waals surface area contributed by atoms with Gasteiger partial charge in [0, 0.05) is 19.1 Å². The quantitative estimate of drug-likeness (QED) is 0.653. The van der Waals surface area contributed by atoms with Crippen LogP contribution >= 0.6 is 0 Å². The highest BCUT2D eigenvalue weighted by atomic mass is 16.2. The smallest absolute Gasteiger partial charge is 0.234 e. The number of carbonyl (C=O) groups excluding carboxylic acids is 1. The van der Waals surface area contributed by atoms with Crippen molar-refractivity contribution < 1.29 is 4.79 Å². The second-order valence-corrected chi connectivity index (χ2v) is 6.08. The molecule has 0 radical (unpaired) electrons. The van der Waals surface area contributed by atoms with E-state index in [0.717, 1.165) is 44.9 Å². The van der Waals surface area contributed by atoms with E-state index in [4.69, 9.17) is 0 Å². The molecule has 1 aliphatic carbocycles. The van der Waals surface area contributed by atoms with Crippen LogP contribution in [-0.2, 0) is 4.79 Å². The minimum Gasteiger partial charge on any atom is -0.355 e. The number of carbonyl (C=O) groups is 1. The highest BCUT2D eigenvalue weighted by Gasteiger charge is 2.31. The molecule has 2 N–H and O–H groups in total. The van der Waals surface area contributed by atoms with Gasteiger partial charge in [0.1, 0.15) is 0 Å². The molecular formula is C15H29N3O. The molecule has 110 valence electrons. The molecule has 2 rings (SSSR count). The summed E-state index contributed by atoms with van der Waals surface area (Å²) in [7, 11) is 0. The predicted octanol–water partition coefficient (Wildman–Crippen LogP) is 1.37. The molecular weight excluding hydrogens is 238 g/mol. The van der Waals surface area contributed by atoms with Crippen molar-refractivity contribution in [3.05, 3.63) is 0 Å². The first kappa shape index (κ1) is 14.8. The van der Waals surface area contributed by atoms with E-state index in [1.165, 1.54) is 25.7 Å². The van der Waals surface area contributed by atoms with Crippen LogP contribution in [0.5, 0.6) is 0 Å². The molecule has 1 aliphatic heterocycles. The number of unbranched alkanes of at least 4 members (excludes halogenated alkanes) is 1. The second-order valence-electron chi connectivity index (χ2n) is 6.08. The van der Waals surface area contributed by atoms with Gasteiger partial charge in [-0.2, -0.15) is 0 Å². The van der Waals surface area contributed by atoms with Crippen molar-refractivity contribution in [2.45, 2.75) is 51.5 Å². The normalized spacial score (nSPS) is 23.6. The zero-order valence-corrected chi connectivity index (χ0v) is 12.3. The lowest BCUT2D eigenvalue weighted by Gasteiger charge is -2.29. The molecule has 1 saturated heterocycles. The third-order valence-electron chi connectivity index (χ3n) is 4.15. The molecule has 19 heavy (non-hydrogen) atoms. The number of amides is 1. The van der Waals surface area contributed by atoms with Crippen LogP contribution in [0.15, 0.2) is 0 Å². The van der Waals surface area contributed by atoms with Crippen molar-refractivity contribution in [3.8, 4) is 0 Å². The fraction of sp³-hybridized carbons (Fsp3) is 0.933. The van der Waals surface area contributed by atoms with Crippen molar-refractivity contribution >= 4 is 5.91 Å². The fourth-order valence-electron chi connectivity index (χ4n) is 2.84. The number of nitrogens with one attached hydrogen (secondary N) is 2. The lowest BCUT2D eigenvalue weighted by Crippen LogP contribution is -2.44. The Bertz CT molecular complexity index is 273. The van der Waals surface area contributed by atoms with E-state index in [9.17, 15) is 4.79 Å². The molecule has 0 bridgehead atoms. The summed E-state index contributed by atoms with van der Waals surface area (Å²) in [6.07, 6.45) is 7.38. The molecule has 2 aliphatic rings. The summed E-state index contributed by atoms with van der Waals surface area (Å²) in [5.41, 5.74) is 0.